The fourth-order valence-electron chi connectivity index (χ4n) is 2.34. The fourth-order valence-corrected chi connectivity index (χ4v) is 2.52. The molecule has 1 saturated heterocycles. The van der Waals surface area contributed by atoms with E-state index in [-0.39, 0.29) is 23.2 Å². The Morgan fingerprint density at radius 3 is 3.06 bits per heavy atom. The molecule has 98 valence electrons. The summed E-state index contributed by atoms with van der Waals surface area (Å²) in [6, 6.07) is 1.73. The average Bonchev–Trinajstić information content (AvgIpc) is 2.78. The quantitative estimate of drug-likeness (QED) is 0.872. The zero-order valence-electron chi connectivity index (χ0n) is 9.84. The molecule has 0 spiro atoms. The van der Waals surface area contributed by atoms with Crippen molar-refractivity contribution in [3.8, 4) is 0 Å². The predicted octanol–water partition coefficient (Wildman–Crippen LogP) is 1.78. The number of hydrogen-bond donors (Lipinski definition) is 2. The first-order chi connectivity index (χ1) is 8.63. The van der Waals surface area contributed by atoms with Gasteiger partial charge in [0.2, 0.25) is 0 Å². The summed E-state index contributed by atoms with van der Waals surface area (Å²) in [4.78, 5) is 17.3. The molecule has 0 radical (unpaired) electrons. The minimum Gasteiger partial charge on any atom is -0.478 e. The Hall–Kier alpha value is -1.33. The molecule has 1 fully saturated rings. The van der Waals surface area contributed by atoms with Crippen molar-refractivity contribution in [3.05, 3.63) is 22.8 Å². The lowest BCUT2D eigenvalue weighted by Crippen LogP contribution is -2.30. The number of aliphatic hydroxyl groups is 1. The highest BCUT2D eigenvalue weighted by Crippen LogP contribution is 2.28. The van der Waals surface area contributed by atoms with Crippen LogP contribution in [0.3, 0.4) is 0 Å². The maximum Gasteiger partial charge on any atom is 0.337 e. The summed E-state index contributed by atoms with van der Waals surface area (Å²) in [5.41, 5.74) is 0.0660. The lowest BCUT2D eigenvalue weighted by Gasteiger charge is -2.25. The number of carboxylic acids is 1. The summed E-state index contributed by atoms with van der Waals surface area (Å²) in [5, 5.41) is 18.2. The number of aromatic carboxylic acids is 1. The molecule has 1 atom stereocenters. The third-order valence-electron chi connectivity index (χ3n) is 3.21. The Labute approximate surface area is 110 Å². The van der Waals surface area contributed by atoms with Gasteiger partial charge in [0.1, 0.15) is 5.82 Å². The molecule has 2 rings (SSSR count). The monoisotopic (exact) mass is 270 g/mol. The van der Waals surface area contributed by atoms with Gasteiger partial charge < -0.3 is 15.1 Å². The van der Waals surface area contributed by atoms with Gasteiger partial charge in [-0.1, -0.05) is 11.6 Å². The second-order valence-corrected chi connectivity index (χ2v) is 4.74. The largest absolute Gasteiger partial charge is 0.478 e. The van der Waals surface area contributed by atoms with Crippen LogP contribution in [0.25, 0.3) is 0 Å². The number of aromatic nitrogens is 1. The molecular weight excluding hydrogens is 256 g/mol. The van der Waals surface area contributed by atoms with Crippen LogP contribution in [-0.2, 0) is 0 Å². The van der Waals surface area contributed by atoms with Gasteiger partial charge in [0.15, 0.2) is 0 Å². The standard InChI is InChI=1S/C12H15ClN2O3/c13-10-7-14-11(6-9(10)12(17)18)15-4-1-2-8(15)3-5-16/h6-8,16H,1-5H2,(H,17,18). The Balaban J connectivity index is 2.27. The molecule has 5 nitrogen and oxygen atoms in total. The fraction of sp³-hybridized carbons (Fsp3) is 0.500. The Kier molecular flexibility index (Phi) is 4.04. The number of hydrogen-bond acceptors (Lipinski definition) is 4. The summed E-state index contributed by atoms with van der Waals surface area (Å²) in [5.74, 6) is -0.436. The van der Waals surface area contributed by atoms with E-state index in [9.17, 15) is 4.79 Å². The second-order valence-electron chi connectivity index (χ2n) is 4.33. The highest BCUT2D eigenvalue weighted by Gasteiger charge is 2.26. The summed E-state index contributed by atoms with van der Waals surface area (Å²) in [6.45, 7) is 0.957. The van der Waals surface area contributed by atoms with Crippen molar-refractivity contribution in [2.24, 2.45) is 0 Å². The Morgan fingerprint density at radius 1 is 1.61 bits per heavy atom. The maximum absolute atomic E-state index is 11.0. The number of pyridine rings is 1. The van der Waals surface area contributed by atoms with Gasteiger partial charge in [-0.05, 0) is 25.3 Å². The van der Waals surface area contributed by atoms with Crippen LogP contribution in [0.1, 0.15) is 29.6 Å². The van der Waals surface area contributed by atoms with Crippen molar-refractivity contribution in [2.75, 3.05) is 18.1 Å². The minimum absolute atomic E-state index is 0.0660. The summed E-state index contributed by atoms with van der Waals surface area (Å²) in [7, 11) is 0. The first-order valence-corrected chi connectivity index (χ1v) is 6.27. The van der Waals surface area contributed by atoms with E-state index >= 15 is 0 Å². The van der Waals surface area contributed by atoms with Gasteiger partial charge in [0.25, 0.3) is 0 Å². The molecule has 2 heterocycles. The smallest absolute Gasteiger partial charge is 0.337 e. The summed E-state index contributed by atoms with van der Waals surface area (Å²) in [6.07, 6.45) is 4.06. The maximum atomic E-state index is 11.0. The number of halogens is 1. The van der Waals surface area contributed by atoms with Crippen molar-refractivity contribution < 1.29 is 15.0 Å². The van der Waals surface area contributed by atoms with Crippen LogP contribution in [0.15, 0.2) is 12.3 Å². The first kappa shape index (κ1) is 13.1. The van der Waals surface area contributed by atoms with E-state index in [1.807, 2.05) is 4.90 Å². The molecule has 1 aromatic rings. The van der Waals surface area contributed by atoms with Gasteiger partial charge in [0.05, 0.1) is 10.6 Å². The van der Waals surface area contributed by atoms with Gasteiger partial charge in [0, 0.05) is 25.4 Å². The van der Waals surface area contributed by atoms with Crippen molar-refractivity contribution in [1.29, 1.82) is 0 Å². The van der Waals surface area contributed by atoms with E-state index in [0.717, 1.165) is 19.4 Å². The summed E-state index contributed by atoms with van der Waals surface area (Å²) < 4.78 is 0. The third-order valence-corrected chi connectivity index (χ3v) is 3.51. The Morgan fingerprint density at radius 2 is 2.39 bits per heavy atom. The molecule has 0 saturated carbocycles. The summed E-state index contributed by atoms with van der Waals surface area (Å²) >= 11 is 5.79. The van der Waals surface area contributed by atoms with Gasteiger partial charge in [-0.25, -0.2) is 9.78 Å². The van der Waals surface area contributed by atoms with Gasteiger partial charge in [-0.3, -0.25) is 0 Å². The molecule has 2 N–H and O–H groups in total. The van der Waals surface area contributed by atoms with E-state index in [1.54, 1.807) is 0 Å². The van der Waals surface area contributed by atoms with Crippen LogP contribution in [0.2, 0.25) is 5.02 Å². The molecule has 18 heavy (non-hydrogen) atoms. The van der Waals surface area contributed by atoms with Crippen molar-refractivity contribution >= 4 is 23.4 Å². The van der Waals surface area contributed by atoms with E-state index in [2.05, 4.69) is 4.98 Å². The van der Waals surface area contributed by atoms with Crippen molar-refractivity contribution in [3.63, 3.8) is 0 Å². The van der Waals surface area contributed by atoms with Gasteiger partial charge >= 0.3 is 5.97 Å². The third kappa shape index (κ3) is 2.57. The number of carboxylic acid groups (broad SMARTS) is 1. The van der Waals surface area contributed by atoms with Crippen LogP contribution >= 0.6 is 11.6 Å². The lowest BCUT2D eigenvalue weighted by molar-refractivity contribution is 0.0697. The van der Waals surface area contributed by atoms with E-state index in [0.29, 0.717) is 12.2 Å². The molecule has 0 bridgehead atoms. The first-order valence-electron chi connectivity index (χ1n) is 5.90. The Bertz CT molecular complexity index is 453. The number of aliphatic hydroxyl groups excluding tert-OH is 1. The average molecular weight is 271 g/mol. The molecule has 6 heteroatoms. The van der Waals surface area contributed by atoms with E-state index in [4.69, 9.17) is 21.8 Å². The number of carbonyl (C=O) groups is 1. The van der Waals surface area contributed by atoms with Crippen LogP contribution < -0.4 is 4.90 Å². The van der Waals surface area contributed by atoms with E-state index in [1.165, 1.54) is 12.3 Å². The zero-order chi connectivity index (χ0) is 13.1. The molecule has 0 aromatic carbocycles. The number of rotatable bonds is 4. The van der Waals surface area contributed by atoms with Crippen LogP contribution in [-0.4, -0.2) is 40.4 Å². The number of nitrogens with zero attached hydrogens (tertiary/aromatic N) is 2. The number of anilines is 1. The molecule has 1 aliphatic rings. The van der Waals surface area contributed by atoms with Crippen LogP contribution in [0.4, 0.5) is 5.82 Å². The molecule has 1 aliphatic heterocycles. The van der Waals surface area contributed by atoms with Crippen molar-refractivity contribution in [2.45, 2.75) is 25.3 Å². The predicted molar refractivity (Wildman–Crippen MR) is 68.3 cm³/mol. The molecule has 1 unspecified atom stereocenters. The molecule has 1 aromatic heterocycles. The SMILES string of the molecule is O=C(O)c1cc(N2CCCC2CCO)ncc1Cl. The molecule has 0 aliphatic carbocycles. The van der Waals surface area contributed by atoms with Gasteiger partial charge in [-0.15, -0.1) is 0 Å². The molecular formula is C12H15ClN2O3. The van der Waals surface area contributed by atoms with Crippen molar-refractivity contribution in [1.82, 2.24) is 4.98 Å². The molecule has 0 amide bonds. The topological polar surface area (TPSA) is 73.7 Å². The minimum atomic E-state index is -1.05. The second kappa shape index (κ2) is 5.54. The zero-order valence-corrected chi connectivity index (χ0v) is 10.6. The van der Waals surface area contributed by atoms with Gasteiger partial charge in [-0.2, -0.15) is 0 Å². The van der Waals surface area contributed by atoms with E-state index < -0.39 is 5.97 Å². The lowest BCUT2D eigenvalue weighted by atomic mass is 10.1. The van der Waals surface area contributed by atoms with Crippen LogP contribution in [0.5, 0.6) is 0 Å². The highest BCUT2D eigenvalue weighted by atomic mass is 35.5. The normalized spacial score (nSPS) is 19.2. The highest BCUT2D eigenvalue weighted by molar-refractivity contribution is 6.33. The van der Waals surface area contributed by atoms with Crippen LogP contribution in [0, 0.1) is 0 Å².